The Morgan fingerprint density at radius 3 is 2.73 bits per heavy atom. The topological polar surface area (TPSA) is 79.2 Å². The van der Waals surface area contributed by atoms with Crippen molar-refractivity contribution in [1.82, 2.24) is 0 Å². The molecule has 0 bridgehead atoms. The molecule has 0 spiro atoms. The Kier molecular flexibility index (Phi) is 2.81. The van der Waals surface area contributed by atoms with E-state index in [1.165, 1.54) is 0 Å². The van der Waals surface area contributed by atoms with Crippen LogP contribution in [0.2, 0.25) is 0 Å². The molecule has 0 aliphatic carbocycles. The first kappa shape index (κ1) is 10.3. The highest BCUT2D eigenvalue weighted by Crippen LogP contribution is 2.31. The van der Waals surface area contributed by atoms with Gasteiger partial charge in [-0.15, -0.1) is 0 Å². The molecule has 15 heavy (non-hydrogen) atoms. The molecule has 2 rings (SSSR count). The molecule has 0 saturated carbocycles. The van der Waals surface area contributed by atoms with Crippen molar-refractivity contribution in [2.75, 3.05) is 13.4 Å². The average Bonchev–Trinajstić information content (AvgIpc) is 2.64. The van der Waals surface area contributed by atoms with Gasteiger partial charge in [0.2, 0.25) is 6.79 Å². The number of hydrogen-bond donors (Lipinski definition) is 3. The summed E-state index contributed by atoms with van der Waals surface area (Å²) in [5, 5.41) is 27.3. The van der Waals surface area contributed by atoms with E-state index in [0.29, 0.717) is 23.5 Å². The third-order valence-electron chi connectivity index (χ3n) is 2.31. The van der Waals surface area contributed by atoms with E-state index in [4.69, 9.17) is 14.6 Å². The molecule has 0 atom stereocenters. The van der Waals surface area contributed by atoms with Gasteiger partial charge in [-0.1, -0.05) is 6.07 Å². The molecule has 5 nitrogen and oxygen atoms in total. The summed E-state index contributed by atoms with van der Waals surface area (Å²) in [5.74, 6) is 0.857. The van der Waals surface area contributed by atoms with Crippen molar-refractivity contribution in [2.24, 2.45) is 0 Å². The highest BCUT2D eigenvalue weighted by molar-refractivity contribution is 6.60. The summed E-state index contributed by atoms with van der Waals surface area (Å²) in [7, 11) is -1.62. The van der Waals surface area contributed by atoms with Crippen LogP contribution in [0.15, 0.2) is 12.1 Å². The van der Waals surface area contributed by atoms with E-state index in [1.807, 2.05) is 0 Å². The predicted octanol–water partition coefficient (Wildman–Crippen LogP) is -1.37. The van der Waals surface area contributed by atoms with Crippen molar-refractivity contribution in [1.29, 1.82) is 0 Å². The Morgan fingerprint density at radius 2 is 2.07 bits per heavy atom. The minimum Gasteiger partial charge on any atom is -0.454 e. The number of hydrogen-bond acceptors (Lipinski definition) is 5. The van der Waals surface area contributed by atoms with Gasteiger partial charge in [0.1, 0.15) is 0 Å². The van der Waals surface area contributed by atoms with Gasteiger partial charge < -0.3 is 24.6 Å². The lowest BCUT2D eigenvalue weighted by molar-refractivity contribution is 0.174. The van der Waals surface area contributed by atoms with Crippen LogP contribution in [-0.2, 0) is 6.42 Å². The third kappa shape index (κ3) is 1.79. The van der Waals surface area contributed by atoms with Gasteiger partial charge in [0.05, 0.1) is 0 Å². The van der Waals surface area contributed by atoms with Crippen LogP contribution < -0.4 is 14.9 Å². The molecule has 0 fully saturated rings. The Labute approximate surface area is 87.0 Å². The minimum absolute atomic E-state index is 0.0562. The summed E-state index contributed by atoms with van der Waals surface area (Å²) in [4.78, 5) is 0. The molecule has 80 valence electrons. The first-order valence-electron chi connectivity index (χ1n) is 4.62. The van der Waals surface area contributed by atoms with Crippen molar-refractivity contribution in [2.45, 2.75) is 6.42 Å². The van der Waals surface area contributed by atoms with Crippen LogP contribution in [-0.4, -0.2) is 35.7 Å². The molecule has 0 saturated heterocycles. The second kappa shape index (κ2) is 4.10. The van der Waals surface area contributed by atoms with E-state index >= 15 is 0 Å². The number of benzene rings is 1. The minimum atomic E-state index is -1.62. The van der Waals surface area contributed by atoms with E-state index in [-0.39, 0.29) is 18.9 Å². The van der Waals surface area contributed by atoms with Gasteiger partial charge >= 0.3 is 7.12 Å². The molecule has 0 amide bonds. The Bertz CT molecular complexity index is 366. The zero-order chi connectivity index (χ0) is 10.8. The van der Waals surface area contributed by atoms with Crippen LogP contribution in [0.4, 0.5) is 0 Å². The predicted molar refractivity (Wildman–Crippen MR) is 53.2 cm³/mol. The molecular weight excluding hydrogens is 199 g/mol. The fraction of sp³-hybridized carbons (Fsp3) is 0.333. The molecule has 0 radical (unpaired) electrons. The quantitative estimate of drug-likeness (QED) is 0.536. The van der Waals surface area contributed by atoms with Crippen LogP contribution >= 0.6 is 0 Å². The molecule has 6 heteroatoms. The Morgan fingerprint density at radius 1 is 1.27 bits per heavy atom. The SMILES string of the molecule is OCCc1ccc2c(c1B(O)O)OCO2. The Balaban J connectivity index is 2.48. The number of aliphatic hydroxyl groups is 1. The zero-order valence-electron chi connectivity index (χ0n) is 8.01. The normalized spacial score (nSPS) is 13.0. The molecule has 3 N–H and O–H groups in total. The fourth-order valence-corrected chi connectivity index (χ4v) is 1.66. The van der Waals surface area contributed by atoms with Gasteiger partial charge in [0.25, 0.3) is 0 Å². The molecule has 1 heterocycles. The third-order valence-corrected chi connectivity index (χ3v) is 2.31. The van der Waals surface area contributed by atoms with Gasteiger partial charge in [0, 0.05) is 12.1 Å². The average molecular weight is 210 g/mol. The lowest BCUT2D eigenvalue weighted by Crippen LogP contribution is -2.34. The lowest BCUT2D eigenvalue weighted by Gasteiger charge is -2.10. The maximum absolute atomic E-state index is 9.23. The summed E-state index contributed by atoms with van der Waals surface area (Å²) in [6.45, 7) is 0.0248. The number of aliphatic hydroxyl groups excluding tert-OH is 1. The van der Waals surface area contributed by atoms with Crippen LogP contribution in [0.25, 0.3) is 0 Å². The Hall–Kier alpha value is -1.24. The second-order valence-corrected chi connectivity index (χ2v) is 3.22. The van der Waals surface area contributed by atoms with E-state index in [9.17, 15) is 10.0 Å². The van der Waals surface area contributed by atoms with Gasteiger partial charge in [0.15, 0.2) is 11.5 Å². The van der Waals surface area contributed by atoms with E-state index in [1.54, 1.807) is 12.1 Å². The van der Waals surface area contributed by atoms with Crippen LogP contribution in [0.3, 0.4) is 0 Å². The summed E-state index contributed by atoms with van der Waals surface area (Å²) in [5.41, 5.74) is 0.927. The molecule has 1 aromatic rings. The van der Waals surface area contributed by atoms with Crippen molar-refractivity contribution in [3.63, 3.8) is 0 Å². The van der Waals surface area contributed by atoms with Gasteiger partial charge in [-0.3, -0.25) is 0 Å². The van der Waals surface area contributed by atoms with E-state index in [2.05, 4.69) is 0 Å². The largest absolute Gasteiger partial charge is 0.492 e. The highest BCUT2D eigenvalue weighted by Gasteiger charge is 2.27. The fourth-order valence-electron chi connectivity index (χ4n) is 1.66. The van der Waals surface area contributed by atoms with Crippen LogP contribution in [0.5, 0.6) is 11.5 Å². The van der Waals surface area contributed by atoms with Gasteiger partial charge in [-0.05, 0) is 18.1 Å². The number of ether oxygens (including phenoxy) is 2. The zero-order valence-corrected chi connectivity index (χ0v) is 8.01. The highest BCUT2D eigenvalue weighted by atomic mass is 16.7. The molecule has 0 aromatic heterocycles. The smallest absolute Gasteiger partial charge is 0.454 e. The molecule has 1 aromatic carbocycles. The maximum Gasteiger partial charge on any atom is 0.492 e. The van der Waals surface area contributed by atoms with Crippen molar-refractivity contribution in [3.8, 4) is 11.5 Å². The molecular formula is C9H11BO5. The van der Waals surface area contributed by atoms with Crippen molar-refractivity contribution >= 4 is 12.6 Å². The second-order valence-electron chi connectivity index (χ2n) is 3.22. The molecule has 1 aliphatic heterocycles. The summed E-state index contributed by atoms with van der Waals surface area (Å²) < 4.78 is 10.3. The number of fused-ring (bicyclic) bond motifs is 1. The standard InChI is InChI=1S/C9H11BO5/c11-4-3-6-1-2-7-9(15-5-14-7)8(6)10(12)13/h1-2,11-13H,3-5H2. The molecule has 0 unspecified atom stereocenters. The summed E-state index contributed by atoms with van der Waals surface area (Å²) >= 11 is 0. The van der Waals surface area contributed by atoms with Crippen molar-refractivity contribution < 1.29 is 24.6 Å². The summed E-state index contributed by atoms with van der Waals surface area (Å²) in [6.07, 6.45) is 0.351. The monoisotopic (exact) mass is 210 g/mol. The lowest BCUT2D eigenvalue weighted by atomic mass is 9.75. The first-order chi connectivity index (χ1) is 7.24. The number of rotatable bonds is 3. The first-order valence-corrected chi connectivity index (χ1v) is 4.62. The van der Waals surface area contributed by atoms with E-state index < -0.39 is 7.12 Å². The van der Waals surface area contributed by atoms with Crippen LogP contribution in [0, 0.1) is 0 Å². The molecule has 1 aliphatic rings. The van der Waals surface area contributed by atoms with Crippen LogP contribution in [0.1, 0.15) is 5.56 Å². The van der Waals surface area contributed by atoms with E-state index in [0.717, 1.165) is 0 Å². The van der Waals surface area contributed by atoms with Gasteiger partial charge in [-0.2, -0.15) is 0 Å². The maximum atomic E-state index is 9.23. The van der Waals surface area contributed by atoms with Gasteiger partial charge in [-0.25, -0.2) is 0 Å². The van der Waals surface area contributed by atoms with Crippen molar-refractivity contribution in [3.05, 3.63) is 17.7 Å². The summed E-state index contributed by atoms with van der Waals surface area (Å²) in [6, 6.07) is 3.39.